The maximum atomic E-state index is 15.4. The monoisotopic (exact) mass is 961 g/mol. The largest absolute Gasteiger partial charge is 0.255 e. The van der Waals surface area contributed by atoms with E-state index in [9.17, 15) is 56.9 Å². The van der Waals surface area contributed by atoms with Crippen molar-refractivity contribution in [3.05, 3.63) is 189 Å². The second kappa shape index (κ2) is 17.8. The number of aromatic nitrogens is 1. The normalized spacial score (nSPS) is 12.1. The third kappa shape index (κ3) is 7.73. The maximum Gasteiger partial charge on any atom is 0.200 e. The molecule has 7 rings (SSSR count). The fraction of sp³-hybridized carbons (Fsp3) is 0.0488. The first-order chi connectivity index (χ1) is 30.4. The summed E-state index contributed by atoms with van der Waals surface area (Å²) in [4.78, 5) is 0.872. The predicted octanol–water partition coefficient (Wildman–Crippen LogP) is 8.76. The van der Waals surface area contributed by atoms with Crippen LogP contribution in [0.5, 0.6) is 0 Å². The molecule has 0 amide bonds. The molecule has 1 aromatic heterocycles. The van der Waals surface area contributed by atoms with Gasteiger partial charge in [0.15, 0.2) is 88.7 Å². The van der Waals surface area contributed by atoms with Gasteiger partial charge in [-0.25, -0.2) is 92.4 Å². The fourth-order valence-electron chi connectivity index (χ4n) is 7.15. The van der Waals surface area contributed by atoms with E-state index >= 15 is 35.1 Å². The van der Waals surface area contributed by atoms with Crippen molar-refractivity contribution < 1.29 is 96.6 Å². The standard InChI is InChI=1S/C24BF20.C17H16NOS/c26-5-1(6(27)14(35)21(42)13(5)34)25(2-7(28)15(36)22(43)16(37)8(2)29,3-9(30)17(38)23(44)18(39)10(3)31)4-11(32)19(40)24(45)20(41)12(4)33;1-20(19)17-8-6-14(7-9-17)12-18-11-10-15-4-2-3-5-16(15)13-18/h;2-11,13H,12H2,1H3/q-1;+1. The molecule has 1 unspecified atom stereocenters. The number of hydrogen-bond donors (Lipinski definition) is 0. The van der Waals surface area contributed by atoms with Gasteiger partial charge < -0.3 is 0 Å². The van der Waals surface area contributed by atoms with Crippen LogP contribution in [0, 0.1) is 116 Å². The van der Waals surface area contributed by atoms with Gasteiger partial charge in [-0.3, -0.25) is 4.21 Å². The van der Waals surface area contributed by atoms with Crippen molar-refractivity contribution in [3.8, 4) is 0 Å². The molecule has 7 aromatic rings. The minimum Gasteiger partial charge on any atom is -0.255 e. The van der Waals surface area contributed by atoms with E-state index < -0.39 is 155 Å². The number of fused-ring (bicyclic) bond motifs is 1. The number of benzene rings is 6. The van der Waals surface area contributed by atoms with E-state index in [-0.39, 0.29) is 0 Å². The van der Waals surface area contributed by atoms with E-state index in [2.05, 4.69) is 47.3 Å². The van der Waals surface area contributed by atoms with Gasteiger partial charge in [0.1, 0.15) is 52.7 Å². The molecule has 0 aliphatic heterocycles. The maximum absolute atomic E-state index is 15.4. The zero-order valence-electron chi connectivity index (χ0n) is 31.5. The molecule has 0 aliphatic carbocycles. The van der Waals surface area contributed by atoms with Crippen LogP contribution in [0.25, 0.3) is 10.8 Å². The average Bonchev–Trinajstić information content (AvgIpc) is 3.29. The van der Waals surface area contributed by atoms with Crippen LogP contribution in [0.4, 0.5) is 87.8 Å². The van der Waals surface area contributed by atoms with Gasteiger partial charge >= 0.3 is 0 Å². The van der Waals surface area contributed by atoms with Gasteiger partial charge in [0, 0.05) is 39.0 Å². The van der Waals surface area contributed by atoms with Gasteiger partial charge in [-0.05, 0) is 23.6 Å². The molecule has 0 radical (unpaired) electrons. The Kier molecular flexibility index (Phi) is 13.2. The molecule has 0 fully saturated rings. The topological polar surface area (TPSA) is 20.9 Å². The van der Waals surface area contributed by atoms with Gasteiger partial charge in [-0.15, -0.1) is 21.9 Å². The van der Waals surface area contributed by atoms with Crippen LogP contribution in [-0.2, 0) is 17.3 Å². The molecule has 0 aliphatic rings. The minimum atomic E-state index is -7.22. The Morgan fingerprint density at radius 1 is 0.385 bits per heavy atom. The van der Waals surface area contributed by atoms with Crippen molar-refractivity contribution in [2.24, 2.45) is 0 Å². The number of halogens is 20. The zero-order chi connectivity index (χ0) is 48.3. The van der Waals surface area contributed by atoms with E-state index in [0.717, 1.165) is 11.4 Å². The zero-order valence-corrected chi connectivity index (χ0v) is 32.3. The molecule has 0 N–H and O–H groups in total. The van der Waals surface area contributed by atoms with Gasteiger partial charge in [0.2, 0.25) is 0 Å². The molecule has 24 heteroatoms. The number of hydrogen-bond acceptors (Lipinski definition) is 1. The van der Waals surface area contributed by atoms with Gasteiger partial charge in [-0.2, -0.15) is 0 Å². The lowest BCUT2D eigenvalue weighted by Gasteiger charge is -2.44. The average molecular weight is 961 g/mol. The molecule has 0 saturated carbocycles. The number of nitrogens with zero attached hydrogens (tertiary/aromatic N) is 1. The highest BCUT2D eigenvalue weighted by atomic mass is 32.2. The molecular formula is C41H16BF20NOS. The van der Waals surface area contributed by atoms with Crippen molar-refractivity contribution >= 4 is 49.6 Å². The Balaban J connectivity index is 0.000000289. The summed E-state index contributed by atoms with van der Waals surface area (Å²) in [5, 5.41) is 2.49. The molecule has 0 saturated heterocycles. The van der Waals surface area contributed by atoms with Crippen LogP contribution in [0.15, 0.2) is 71.9 Å². The SMILES string of the molecule is CS(=O)c1ccc(C[n+]2ccc3ccccc3c2)cc1.Fc1c(F)c(F)c([B-](c2c(F)c(F)c(F)c(F)c2F)(c2c(F)c(F)c(F)c(F)c2F)c2c(F)c(F)c(F)c(F)c2F)c(F)c1F. The summed E-state index contributed by atoms with van der Waals surface area (Å²) in [6, 6.07) is 18.4. The Hall–Kier alpha value is -6.46. The van der Waals surface area contributed by atoms with Crippen LogP contribution in [0.1, 0.15) is 5.56 Å². The summed E-state index contributed by atoms with van der Waals surface area (Å²) < 4.78 is 307. The molecule has 6 aromatic carbocycles. The lowest BCUT2D eigenvalue weighted by Crippen LogP contribution is -2.81. The van der Waals surface area contributed by atoms with Crippen LogP contribution >= 0.6 is 0 Å². The van der Waals surface area contributed by atoms with Crippen LogP contribution in [0.3, 0.4) is 0 Å². The molecule has 2 nitrogen and oxygen atoms in total. The number of pyridine rings is 1. The van der Waals surface area contributed by atoms with Gasteiger partial charge in [0.05, 0.1) is 0 Å². The third-order valence-corrected chi connectivity index (χ3v) is 11.0. The van der Waals surface area contributed by atoms with Crippen LogP contribution < -0.4 is 26.4 Å². The Bertz CT molecular complexity index is 2730. The van der Waals surface area contributed by atoms with E-state index in [4.69, 9.17) is 0 Å². The molecular weight excluding hydrogens is 945 g/mol. The summed E-state index contributed by atoms with van der Waals surface area (Å²) >= 11 is 0. The van der Waals surface area contributed by atoms with Crippen molar-refractivity contribution in [2.75, 3.05) is 6.26 Å². The molecule has 1 heterocycles. The second-order valence-corrected chi connectivity index (χ2v) is 15.0. The summed E-state index contributed by atoms with van der Waals surface area (Å²) in [6.45, 7) is 0.821. The van der Waals surface area contributed by atoms with Crippen LogP contribution in [-0.4, -0.2) is 16.6 Å². The summed E-state index contributed by atoms with van der Waals surface area (Å²) in [5.41, 5.74) is -13.1. The minimum absolute atomic E-state index is 0.821. The van der Waals surface area contributed by atoms with E-state index in [1.165, 1.54) is 16.3 Å². The second-order valence-electron chi connectivity index (χ2n) is 13.6. The first-order valence-electron chi connectivity index (χ1n) is 17.5. The van der Waals surface area contributed by atoms with E-state index in [1.807, 2.05) is 24.3 Å². The van der Waals surface area contributed by atoms with Crippen LogP contribution in [0.2, 0.25) is 0 Å². The highest BCUT2D eigenvalue weighted by Gasteiger charge is 2.52. The van der Waals surface area contributed by atoms with E-state index in [0.29, 0.717) is 0 Å². The summed E-state index contributed by atoms with van der Waals surface area (Å²) in [6.07, 6.45) is -1.27. The highest BCUT2D eigenvalue weighted by molar-refractivity contribution is 7.84. The summed E-state index contributed by atoms with van der Waals surface area (Å²) in [7, 11) is -0.909. The predicted molar refractivity (Wildman–Crippen MR) is 191 cm³/mol. The lowest BCUT2D eigenvalue weighted by molar-refractivity contribution is -0.687. The van der Waals surface area contributed by atoms with E-state index in [1.54, 1.807) is 6.26 Å². The quantitative estimate of drug-likeness (QED) is 0.0515. The third-order valence-electron chi connectivity index (χ3n) is 10.1. The smallest absolute Gasteiger partial charge is 0.200 e. The summed E-state index contributed by atoms with van der Waals surface area (Å²) in [5.74, 6) is -71.4. The molecule has 340 valence electrons. The molecule has 0 spiro atoms. The number of rotatable bonds is 7. The molecule has 65 heavy (non-hydrogen) atoms. The van der Waals surface area contributed by atoms with Gasteiger partial charge in [-0.1, -0.05) is 30.3 Å². The Morgan fingerprint density at radius 3 is 0.954 bits per heavy atom. The van der Waals surface area contributed by atoms with Gasteiger partial charge in [0.25, 0.3) is 0 Å². The first-order valence-corrected chi connectivity index (χ1v) is 19.0. The fourth-order valence-corrected chi connectivity index (χ4v) is 7.67. The Labute approximate surface area is 352 Å². The van der Waals surface area contributed by atoms with Crippen molar-refractivity contribution in [1.29, 1.82) is 0 Å². The Morgan fingerprint density at radius 2 is 0.662 bits per heavy atom. The first kappa shape index (κ1) is 48.0. The molecule has 1 atom stereocenters. The van der Waals surface area contributed by atoms with Crippen molar-refractivity contribution in [2.45, 2.75) is 11.4 Å². The van der Waals surface area contributed by atoms with Crippen molar-refractivity contribution in [1.82, 2.24) is 0 Å². The molecule has 0 bridgehead atoms. The van der Waals surface area contributed by atoms with Crippen molar-refractivity contribution in [3.63, 3.8) is 0 Å². The lowest BCUT2D eigenvalue weighted by atomic mass is 9.12. The highest BCUT2D eigenvalue weighted by Crippen LogP contribution is 2.31.